The molecule has 8 atom stereocenters. The van der Waals surface area contributed by atoms with Crippen molar-refractivity contribution in [3.63, 3.8) is 0 Å². The number of allylic oxidation sites excluding steroid dienone is 1. The van der Waals surface area contributed by atoms with Crippen molar-refractivity contribution in [1.82, 2.24) is 5.32 Å². The van der Waals surface area contributed by atoms with Crippen molar-refractivity contribution in [1.29, 1.82) is 0 Å². The summed E-state index contributed by atoms with van der Waals surface area (Å²) < 4.78 is 9.71. The molecule has 1 amide bonds. The molecule has 13 nitrogen and oxygen atoms in total. The van der Waals surface area contributed by atoms with Crippen molar-refractivity contribution >= 4 is 42.0 Å². The monoisotopic (exact) mass is 872 g/mol. The molecule has 0 bridgehead atoms. The molecule has 6 rings (SSSR count). The molecule has 5 saturated carbocycles. The van der Waals surface area contributed by atoms with Gasteiger partial charge < -0.3 is 25.6 Å². The predicted molar refractivity (Wildman–Crippen MR) is 238 cm³/mol. The Hall–Kier alpha value is -3.06. The van der Waals surface area contributed by atoms with E-state index in [1.54, 1.807) is 13.0 Å². The Balaban J connectivity index is 0.000000732. The van der Waals surface area contributed by atoms with E-state index in [4.69, 9.17) is 20.3 Å². The molecule has 0 aromatic carbocycles. The molecule has 60 heavy (non-hydrogen) atoms. The maximum atomic E-state index is 11.4. The van der Waals surface area contributed by atoms with Gasteiger partial charge in [-0.3, -0.25) is 29.3 Å². The van der Waals surface area contributed by atoms with Gasteiger partial charge in [0.2, 0.25) is 12.5 Å². The summed E-state index contributed by atoms with van der Waals surface area (Å²) in [6.45, 7) is 16.6. The van der Waals surface area contributed by atoms with Gasteiger partial charge in [-0.25, -0.2) is 4.79 Å². The third-order valence-electron chi connectivity index (χ3n) is 13.0. The van der Waals surface area contributed by atoms with Gasteiger partial charge in [0.1, 0.15) is 5.78 Å². The summed E-state index contributed by atoms with van der Waals surface area (Å²) in [7, 11) is 0. The number of ketones is 1. The molecule has 1 aliphatic heterocycles. The normalized spacial score (nSPS) is 31.7. The first kappa shape index (κ1) is 56.9. The number of ether oxygens (including phenoxy) is 2. The van der Waals surface area contributed by atoms with E-state index >= 15 is 0 Å². The summed E-state index contributed by atoms with van der Waals surface area (Å²) in [5.74, 6) is 2.88. The number of esters is 2. The first-order chi connectivity index (χ1) is 27.3. The van der Waals surface area contributed by atoms with Crippen molar-refractivity contribution in [3.05, 3.63) is 21.8 Å². The number of hydrogen-bond acceptors (Lipinski definition) is 10. The van der Waals surface area contributed by atoms with E-state index in [1.807, 2.05) is 6.92 Å². The molecule has 0 aromatic heterocycles. The highest BCUT2D eigenvalue weighted by Gasteiger charge is 2.44. The molecule has 0 radical (unpaired) electrons. The number of halogens is 1. The van der Waals surface area contributed by atoms with E-state index in [0.29, 0.717) is 48.7 Å². The lowest BCUT2D eigenvalue weighted by atomic mass is 9.82. The number of carboxylic acids is 1. The van der Waals surface area contributed by atoms with Crippen LogP contribution in [0.25, 0.3) is 0 Å². The molecule has 1 saturated heterocycles. The van der Waals surface area contributed by atoms with E-state index in [1.165, 1.54) is 31.3 Å². The topological polar surface area (TPSA) is 205 Å². The second-order valence-electron chi connectivity index (χ2n) is 19.0. The number of nitrogens with one attached hydrogen (secondary N) is 1. The van der Waals surface area contributed by atoms with Crippen molar-refractivity contribution in [3.8, 4) is 0 Å². The smallest absolute Gasteiger partial charge is 0.330 e. The highest BCUT2D eigenvalue weighted by atomic mass is 35.5. The summed E-state index contributed by atoms with van der Waals surface area (Å²) in [6.07, 6.45) is 18.4. The van der Waals surface area contributed by atoms with E-state index in [9.17, 15) is 34.1 Å². The molecule has 6 aliphatic rings. The lowest BCUT2D eigenvalue weighted by Crippen LogP contribution is -2.30. The number of hydrogen-bond donors (Lipinski definition) is 3. The van der Waals surface area contributed by atoms with Crippen LogP contribution in [0.3, 0.4) is 0 Å². The van der Waals surface area contributed by atoms with Crippen LogP contribution in [0.5, 0.6) is 0 Å². The van der Waals surface area contributed by atoms with Crippen LogP contribution in [-0.4, -0.2) is 72.5 Å². The number of carbonyl (C=O) groups excluding carboxylic acids is 4. The van der Waals surface area contributed by atoms with Crippen molar-refractivity contribution in [2.24, 2.45) is 51.6 Å². The largest absolute Gasteiger partial charge is 0.481 e. The summed E-state index contributed by atoms with van der Waals surface area (Å²) >= 11 is 0. The Morgan fingerprint density at radius 1 is 0.817 bits per heavy atom. The zero-order valence-corrected chi connectivity index (χ0v) is 38.1. The molecule has 0 aromatic rings. The molecule has 14 heteroatoms. The minimum absolute atomic E-state index is 0. The van der Waals surface area contributed by atoms with Gasteiger partial charge in [0.25, 0.3) is 0 Å². The molecule has 0 unspecified atom stereocenters. The van der Waals surface area contributed by atoms with Crippen molar-refractivity contribution < 1.29 is 43.5 Å². The maximum Gasteiger partial charge on any atom is 0.330 e. The Bertz CT molecular complexity index is 1410. The van der Waals surface area contributed by atoms with Gasteiger partial charge in [-0.15, -0.1) is 12.4 Å². The lowest BCUT2D eigenvalue weighted by molar-refractivity contribution is -0.497. The number of aliphatic carboxylic acids is 1. The van der Waals surface area contributed by atoms with Gasteiger partial charge in [-0.2, -0.15) is 0 Å². The highest BCUT2D eigenvalue weighted by molar-refractivity contribution is 5.85. The number of amides is 1. The molecule has 1 heterocycles. The fourth-order valence-corrected chi connectivity index (χ4v) is 10.0. The van der Waals surface area contributed by atoms with Crippen LogP contribution >= 0.6 is 12.4 Å². The number of nitrogens with two attached hydrogens (primary N) is 1. The first-order valence-corrected chi connectivity index (χ1v) is 22.1. The van der Waals surface area contributed by atoms with Crippen molar-refractivity contribution in [2.45, 2.75) is 171 Å². The van der Waals surface area contributed by atoms with Gasteiger partial charge >= 0.3 is 17.9 Å². The van der Waals surface area contributed by atoms with E-state index in [0.717, 1.165) is 95.4 Å². The fraction of sp³-hybridized carbons (Fsp3) is 0.848. The molecule has 6 fully saturated rings. The average molecular weight is 873 g/mol. The summed E-state index contributed by atoms with van der Waals surface area (Å²) in [5.41, 5.74) is 6.68. The molecular formula is C46H82ClN3O10. The average Bonchev–Trinajstić information content (AvgIpc) is 3.99. The number of nitrogens with zero attached hydrogens (tertiary/aromatic N) is 1. The summed E-state index contributed by atoms with van der Waals surface area (Å²) in [5, 5.41) is 22.3. The van der Waals surface area contributed by atoms with Gasteiger partial charge in [0, 0.05) is 42.2 Å². The second-order valence-corrected chi connectivity index (χ2v) is 19.0. The first-order valence-electron chi connectivity index (χ1n) is 22.1. The maximum absolute atomic E-state index is 11.4. The van der Waals surface area contributed by atoms with Gasteiger partial charge in [0.05, 0.1) is 26.1 Å². The van der Waals surface area contributed by atoms with E-state index in [2.05, 4.69) is 39.9 Å². The zero-order chi connectivity index (χ0) is 43.5. The number of carbonyl (C=O) groups is 5. The summed E-state index contributed by atoms with van der Waals surface area (Å²) in [6, 6.07) is 0. The third-order valence-corrected chi connectivity index (χ3v) is 13.0. The summed E-state index contributed by atoms with van der Waals surface area (Å²) in [4.78, 5) is 64.8. The van der Waals surface area contributed by atoms with E-state index in [-0.39, 0.29) is 67.4 Å². The van der Waals surface area contributed by atoms with Crippen LogP contribution in [0.2, 0.25) is 0 Å². The van der Waals surface area contributed by atoms with Crippen LogP contribution < -0.4 is 11.1 Å². The lowest BCUT2D eigenvalue weighted by Gasteiger charge is -2.25. The Kier molecular flexibility index (Phi) is 26.4. The molecule has 348 valence electrons. The van der Waals surface area contributed by atoms with Crippen LogP contribution in [-0.2, 0) is 33.4 Å². The number of carboxylic acid groups (broad SMARTS) is 1. The number of Topliss-reactive ketones (excluding diaryl/α,β-unsaturated/α-hetero) is 1. The van der Waals surface area contributed by atoms with Crippen LogP contribution in [0, 0.1) is 55.9 Å². The quantitative estimate of drug-likeness (QED) is 0.0816. The van der Waals surface area contributed by atoms with Crippen LogP contribution in [0.15, 0.2) is 11.6 Å². The number of nitro groups is 1. The van der Waals surface area contributed by atoms with Crippen LogP contribution in [0.1, 0.15) is 171 Å². The Morgan fingerprint density at radius 2 is 1.37 bits per heavy atom. The fourth-order valence-electron chi connectivity index (χ4n) is 10.0. The minimum Gasteiger partial charge on any atom is -0.481 e. The highest BCUT2D eigenvalue weighted by Crippen LogP contribution is 2.46. The van der Waals surface area contributed by atoms with Crippen LogP contribution in [0.4, 0.5) is 0 Å². The number of rotatable bonds is 10. The Labute approximate surface area is 367 Å². The van der Waals surface area contributed by atoms with Gasteiger partial charge in [-0.1, -0.05) is 60.5 Å². The third kappa shape index (κ3) is 21.1. The minimum atomic E-state index is -0.713. The Morgan fingerprint density at radius 3 is 1.73 bits per heavy atom. The molecule has 1 spiro atoms. The zero-order valence-electron chi connectivity index (χ0n) is 37.3. The predicted octanol–water partition coefficient (Wildman–Crippen LogP) is 9.29. The standard InChI is InChI=1S/C11H19NO4.C10H16O2.C9H17NO2.C9H15NO.C6H10O.CH4.ClH/c1-3-16-10(13)7-11(8-12(14)15)5-4-9(2)6-11;1-3-12-10(11)7-9-5-4-8(2)6-9;1-7-2-3-9(4-7,6-10)5-8(11)12;1-7-2-3-9(4-7)5-8(11)10-6-9;1-5-2-3-6(7)4-5;;/h9H,3-8H2,1-2H3;7-8H,3-6H2,1-2H3;7H,2-6,10H2,1H3,(H,11,12);7H,2-6H2,1H3,(H,10,11);5H,2-4H2,1H3;1H4;1H/b;9-7-;;;;;/t9-,11+;8-;2*7-,9+;5-;;/m11111../s1. The molecule has 4 N–H and O–H groups in total. The molecule has 5 aliphatic carbocycles. The van der Waals surface area contributed by atoms with Gasteiger partial charge in [0.15, 0.2) is 0 Å². The molecular weight excluding hydrogens is 790 g/mol. The SMILES string of the molecule is C.CCOC(=O)/C=C1/CC[C@@H](C)C1.CCOC(=O)C[C@]1(C[N+](=O)[O-])CC[C@@H](C)C1.C[C@@H]1CCC(=O)C1.C[C@@H]1CC[C@@](CN)(CC(=O)O)C1.C[C@@H]1CC[C@]2(CNC(=O)C2)C1.Cl. The van der Waals surface area contributed by atoms with E-state index < -0.39 is 11.4 Å². The van der Waals surface area contributed by atoms with Crippen molar-refractivity contribution in [2.75, 3.05) is 32.8 Å². The second kappa shape index (κ2) is 27.8. The van der Waals surface area contributed by atoms with Gasteiger partial charge in [-0.05, 0) is 131 Å².